The topological polar surface area (TPSA) is 94.2 Å². The molecule has 2 aromatic rings. The van der Waals surface area contributed by atoms with Crippen LogP contribution in [0.4, 0.5) is 0 Å². The molecule has 0 saturated heterocycles. The van der Waals surface area contributed by atoms with Crippen molar-refractivity contribution in [1.29, 1.82) is 0 Å². The molecule has 1 aliphatic rings. The van der Waals surface area contributed by atoms with Gasteiger partial charge in [0.05, 0.1) is 27.9 Å². The zero-order valence-corrected chi connectivity index (χ0v) is 21.8. The first-order chi connectivity index (χ1) is 16.8. The summed E-state index contributed by atoms with van der Waals surface area (Å²) in [5.41, 5.74) is 1.79. The van der Waals surface area contributed by atoms with Crippen LogP contribution in [0.15, 0.2) is 41.3 Å². The Labute approximate surface area is 208 Å². The first-order valence-corrected chi connectivity index (χ1v) is 13.4. The van der Waals surface area contributed by atoms with E-state index in [0.717, 1.165) is 43.2 Å². The lowest BCUT2D eigenvalue weighted by Gasteiger charge is -2.33. The van der Waals surface area contributed by atoms with Crippen LogP contribution >= 0.6 is 0 Å². The summed E-state index contributed by atoms with van der Waals surface area (Å²) in [5.74, 6) is 1.22. The Morgan fingerprint density at radius 2 is 1.60 bits per heavy atom. The van der Waals surface area contributed by atoms with E-state index < -0.39 is 10.0 Å². The van der Waals surface area contributed by atoms with Gasteiger partial charge < -0.3 is 19.5 Å². The lowest BCUT2D eigenvalue weighted by atomic mass is 9.95. The Hall–Kier alpha value is -2.78. The lowest BCUT2D eigenvalue weighted by Crippen LogP contribution is -2.47. The van der Waals surface area contributed by atoms with E-state index in [1.807, 2.05) is 31.2 Å². The Bertz CT molecular complexity index is 1110. The molecule has 0 spiro atoms. The highest BCUT2D eigenvalue weighted by Gasteiger charge is 2.35. The Balaban J connectivity index is 1.74. The van der Waals surface area contributed by atoms with E-state index in [9.17, 15) is 13.2 Å². The summed E-state index contributed by atoms with van der Waals surface area (Å²) in [7, 11) is 0.672. The van der Waals surface area contributed by atoms with Crippen LogP contribution in [0.1, 0.15) is 43.2 Å². The summed E-state index contributed by atoms with van der Waals surface area (Å²) in [4.78, 5) is 13.0. The van der Waals surface area contributed by atoms with Crippen molar-refractivity contribution < 1.29 is 27.4 Å². The number of carbonyl (C=O) groups is 1. The molecule has 1 aliphatic carbocycles. The molecule has 0 heterocycles. The molecular formula is C26H36N2O6S. The van der Waals surface area contributed by atoms with Gasteiger partial charge in [-0.3, -0.25) is 4.79 Å². The van der Waals surface area contributed by atoms with E-state index in [4.69, 9.17) is 14.2 Å². The molecule has 1 fully saturated rings. The monoisotopic (exact) mass is 504 g/mol. The fourth-order valence-electron chi connectivity index (χ4n) is 4.47. The predicted octanol–water partition coefficient (Wildman–Crippen LogP) is 3.70. The number of benzene rings is 2. The van der Waals surface area contributed by atoms with Gasteiger partial charge in [0.25, 0.3) is 0 Å². The number of nitrogens with one attached hydrogen (secondary N) is 1. The average molecular weight is 505 g/mol. The standard InChI is InChI=1S/C26H36N2O6S/c1-19-10-12-23(33-3)25(16-19)35(30,31)28(21-8-6-5-7-9-21)18-26(29)27-15-14-20-11-13-22(32-2)24(17-20)34-4/h10-13,16-17,21H,5-9,14-15,18H2,1-4H3,(H,27,29). The molecule has 8 nitrogen and oxygen atoms in total. The number of rotatable bonds is 11. The first-order valence-electron chi connectivity index (χ1n) is 11.9. The summed E-state index contributed by atoms with van der Waals surface area (Å²) in [6.07, 6.45) is 5.04. The molecule has 192 valence electrons. The van der Waals surface area contributed by atoms with Gasteiger partial charge >= 0.3 is 0 Å². The third-order valence-corrected chi connectivity index (χ3v) is 8.29. The molecule has 3 rings (SSSR count). The minimum atomic E-state index is -3.94. The summed E-state index contributed by atoms with van der Waals surface area (Å²) in [6, 6.07) is 10.5. The summed E-state index contributed by atoms with van der Waals surface area (Å²) in [6.45, 7) is 1.99. The maximum absolute atomic E-state index is 13.8. The van der Waals surface area contributed by atoms with Gasteiger partial charge in [-0.1, -0.05) is 31.4 Å². The average Bonchev–Trinajstić information content (AvgIpc) is 2.87. The van der Waals surface area contributed by atoms with Crippen molar-refractivity contribution in [2.24, 2.45) is 0 Å². The van der Waals surface area contributed by atoms with E-state index in [1.54, 1.807) is 26.4 Å². The molecule has 0 atom stereocenters. The van der Waals surface area contributed by atoms with Crippen molar-refractivity contribution >= 4 is 15.9 Å². The van der Waals surface area contributed by atoms with Crippen molar-refractivity contribution in [2.75, 3.05) is 34.4 Å². The van der Waals surface area contributed by atoms with Gasteiger partial charge in [0.1, 0.15) is 10.6 Å². The van der Waals surface area contributed by atoms with Crippen LogP contribution in [0, 0.1) is 6.92 Å². The van der Waals surface area contributed by atoms with E-state index >= 15 is 0 Å². The van der Waals surface area contributed by atoms with Crippen LogP contribution < -0.4 is 19.5 Å². The minimum absolute atomic E-state index is 0.101. The molecule has 0 unspecified atom stereocenters. The van der Waals surface area contributed by atoms with Gasteiger partial charge in [-0.05, 0) is 61.6 Å². The normalized spacial score (nSPS) is 14.5. The van der Waals surface area contributed by atoms with Crippen LogP contribution in [0.3, 0.4) is 0 Å². The van der Waals surface area contributed by atoms with Crippen molar-refractivity contribution in [2.45, 2.75) is 56.4 Å². The smallest absolute Gasteiger partial charge is 0.247 e. The maximum atomic E-state index is 13.8. The zero-order valence-electron chi connectivity index (χ0n) is 21.0. The second kappa shape index (κ2) is 12.3. The van der Waals surface area contributed by atoms with Gasteiger partial charge in [-0.15, -0.1) is 0 Å². The van der Waals surface area contributed by atoms with Crippen LogP contribution in [-0.2, 0) is 21.2 Å². The second-order valence-electron chi connectivity index (χ2n) is 8.79. The lowest BCUT2D eigenvalue weighted by molar-refractivity contribution is -0.121. The number of carbonyl (C=O) groups excluding carboxylic acids is 1. The van der Waals surface area contributed by atoms with Crippen molar-refractivity contribution in [1.82, 2.24) is 9.62 Å². The number of hydrogen-bond donors (Lipinski definition) is 1. The highest BCUT2D eigenvalue weighted by atomic mass is 32.2. The van der Waals surface area contributed by atoms with Gasteiger partial charge in [-0.2, -0.15) is 4.31 Å². The van der Waals surface area contributed by atoms with E-state index in [1.165, 1.54) is 11.4 Å². The van der Waals surface area contributed by atoms with Crippen molar-refractivity contribution in [3.63, 3.8) is 0 Å². The van der Waals surface area contributed by atoms with E-state index in [2.05, 4.69) is 5.32 Å². The van der Waals surface area contributed by atoms with Gasteiger partial charge in [-0.25, -0.2) is 8.42 Å². The van der Waals surface area contributed by atoms with Crippen molar-refractivity contribution in [3.05, 3.63) is 47.5 Å². The largest absolute Gasteiger partial charge is 0.495 e. The van der Waals surface area contributed by atoms with Gasteiger partial charge in [0.15, 0.2) is 11.5 Å². The number of nitrogens with zero attached hydrogens (tertiary/aromatic N) is 1. The predicted molar refractivity (Wildman–Crippen MR) is 135 cm³/mol. The minimum Gasteiger partial charge on any atom is -0.495 e. The highest BCUT2D eigenvalue weighted by molar-refractivity contribution is 7.89. The number of aryl methyl sites for hydroxylation is 1. The number of sulfonamides is 1. The fourth-order valence-corrected chi connectivity index (χ4v) is 6.35. The Morgan fingerprint density at radius 3 is 2.26 bits per heavy atom. The van der Waals surface area contributed by atoms with Crippen LogP contribution in [-0.4, -0.2) is 59.1 Å². The SMILES string of the molecule is COc1ccc(CCNC(=O)CN(C2CCCCC2)S(=O)(=O)c2cc(C)ccc2OC)cc1OC. The fraction of sp³-hybridized carbons (Fsp3) is 0.500. The molecule has 0 aliphatic heterocycles. The third kappa shape index (κ3) is 6.67. The quantitative estimate of drug-likeness (QED) is 0.502. The molecule has 35 heavy (non-hydrogen) atoms. The highest BCUT2D eigenvalue weighted by Crippen LogP contribution is 2.32. The van der Waals surface area contributed by atoms with Crippen LogP contribution in [0.5, 0.6) is 17.2 Å². The molecule has 2 aromatic carbocycles. The molecule has 1 amide bonds. The Morgan fingerprint density at radius 1 is 0.943 bits per heavy atom. The molecule has 0 aromatic heterocycles. The third-order valence-electron chi connectivity index (χ3n) is 6.37. The van der Waals surface area contributed by atoms with Gasteiger partial charge in [0, 0.05) is 12.6 Å². The number of hydrogen-bond acceptors (Lipinski definition) is 6. The Kier molecular flexibility index (Phi) is 9.40. The number of ether oxygens (including phenoxy) is 3. The van der Waals surface area contributed by atoms with Crippen LogP contribution in [0.25, 0.3) is 0 Å². The maximum Gasteiger partial charge on any atom is 0.247 e. The second-order valence-corrected chi connectivity index (χ2v) is 10.6. The van der Waals surface area contributed by atoms with E-state index in [0.29, 0.717) is 24.5 Å². The molecule has 1 N–H and O–H groups in total. The first kappa shape index (κ1) is 26.8. The van der Waals surface area contributed by atoms with E-state index in [-0.39, 0.29) is 29.1 Å². The summed E-state index contributed by atoms with van der Waals surface area (Å²) >= 11 is 0. The molecule has 0 bridgehead atoms. The van der Waals surface area contributed by atoms with Gasteiger partial charge in [0.2, 0.25) is 15.9 Å². The van der Waals surface area contributed by atoms with Crippen LogP contribution in [0.2, 0.25) is 0 Å². The summed E-state index contributed by atoms with van der Waals surface area (Å²) < 4.78 is 44.9. The van der Waals surface area contributed by atoms with Crippen molar-refractivity contribution in [3.8, 4) is 17.2 Å². The molecular weight excluding hydrogens is 468 g/mol. The molecule has 9 heteroatoms. The molecule has 0 radical (unpaired) electrons. The number of amides is 1. The number of methoxy groups -OCH3 is 3. The zero-order chi connectivity index (χ0) is 25.4. The molecule has 1 saturated carbocycles. The summed E-state index contributed by atoms with van der Waals surface area (Å²) in [5, 5.41) is 2.88.